The SMILES string of the molecule is Cc1cc2c(F)c(Oc3ncnc4cc(OCCCN5CCCC5)c(OCCCCCCC(=O)NO)cc34)ccc2[nH]1. The summed E-state index contributed by atoms with van der Waals surface area (Å²) in [6, 6.07) is 8.72. The minimum absolute atomic E-state index is 0.0705. The van der Waals surface area contributed by atoms with Gasteiger partial charge in [0.15, 0.2) is 23.1 Å². The van der Waals surface area contributed by atoms with Crippen molar-refractivity contribution in [2.45, 2.75) is 58.3 Å². The van der Waals surface area contributed by atoms with Crippen LogP contribution in [0.1, 0.15) is 57.1 Å². The van der Waals surface area contributed by atoms with Gasteiger partial charge in [0.1, 0.15) is 6.33 Å². The van der Waals surface area contributed by atoms with Gasteiger partial charge in [0.25, 0.3) is 0 Å². The Hall–Kier alpha value is -3.96. The number of halogens is 1. The number of hydrogen-bond donors (Lipinski definition) is 3. The summed E-state index contributed by atoms with van der Waals surface area (Å²) in [7, 11) is 0. The number of nitrogens with zero attached hydrogens (tertiary/aromatic N) is 3. The highest BCUT2D eigenvalue weighted by Crippen LogP contribution is 2.38. The molecule has 0 unspecified atom stereocenters. The van der Waals surface area contributed by atoms with Gasteiger partial charge in [-0.2, -0.15) is 0 Å². The molecule has 1 aliphatic rings. The number of unbranched alkanes of at least 4 members (excludes halogenated alkanes) is 3. The summed E-state index contributed by atoms with van der Waals surface area (Å²) in [5.41, 5.74) is 3.81. The zero-order valence-electron chi connectivity index (χ0n) is 24.0. The number of carbonyl (C=O) groups is 1. The topological polar surface area (TPSA) is 122 Å². The third-order valence-electron chi connectivity index (χ3n) is 7.46. The molecule has 10 nitrogen and oxygen atoms in total. The maximum absolute atomic E-state index is 15.3. The summed E-state index contributed by atoms with van der Waals surface area (Å²) in [6.07, 6.45) is 8.28. The molecule has 11 heteroatoms. The summed E-state index contributed by atoms with van der Waals surface area (Å²) in [6.45, 7) is 6.15. The fourth-order valence-electron chi connectivity index (χ4n) is 5.27. The summed E-state index contributed by atoms with van der Waals surface area (Å²) in [5.74, 6) is 0.578. The van der Waals surface area contributed by atoms with E-state index >= 15 is 4.39 Å². The highest BCUT2D eigenvalue weighted by Gasteiger charge is 2.17. The van der Waals surface area contributed by atoms with Gasteiger partial charge < -0.3 is 24.1 Å². The van der Waals surface area contributed by atoms with Gasteiger partial charge in [-0.25, -0.2) is 19.8 Å². The number of ether oxygens (including phenoxy) is 3. The predicted molar refractivity (Wildman–Crippen MR) is 157 cm³/mol. The van der Waals surface area contributed by atoms with Crippen molar-refractivity contribution in [3.63, 3.8) is 0 Å². The Balaban J connectivity index is 1.31. The van der Waals surface area contributed by atoms with Crippen molar-refractivity contribution in [1.29, 1.82) is 0 Å². The molecule has 5 rings (SSSR count). The lowest BCUT2D eigenvalue weighted by atomic mass is 10.1. The first-order chi connectivity index (χ1) is 20.5. The van der Waals surface area contributed by atoms with Crippen LogP contribution < -0.4 is 19.7 Å². The lowest BCUT2D eigenvalue weighted by Crippen LogP contribution is -2.22. The molecule has 1 aliphatic heterocycles. The van der Waals surface area contributed by atoms with Crippen LogP contribution in [-0.4, -0.2) is 63.8 Å². The molecule has 1 saturated heterocycles. The molecule has 4 aromatic rings. The molecular weight excluding hydrogens is 541 g/mol. The number of amides is 1. The second-order valence-electron chi connectivity index (χ2n) is 10.7. The first kappa shape index (κ1) is 29.5. The van der Waals surface area contributed by atoms with Crippen molar-refractivity contribution in [2.24, 2.45) is 0 Å². The monoisotopic (exact) mass is 579 g/mol. The number of rotatable bonds is 15. The van der Waals surface area contributed by atoms with Crippen molar-refractivity contribution < 1.29 is 28.6 Å². The second-order valence-corrected chi connectivity index (χ2v) is 10.7. The van der Waals surface area contributed by atoms with Gasteiger partial charge in [-0.1, -0.05) is 12.8 Å². The Morgan fingerprint density at radius 2 is 1.74 bits per heavy atom. The third-order valence-corrected chi connectivity index (χ3v) is 7.46. The molecule has 0 saturated carbocycles. The van der Waals surface area contributed by atoms with Crippen molar-refractivity contribution in [2.75, 3.05) is 32.8 Å². The fourth-order valence-corrected chi connectivity index (χ4v) is 5.27. The molecular formula is C31H38FN5O5. The summed E-state index contributed by atoms with van der Waals surface area (Å²) in [4.78, 5) is 25.5. The van der Waals surface area contributed by atoms with E-state index in [1.54, 1.807) is 29.7 Å². The largest absolute Gasteiger partial charge is 0.490 e. The van der Waals surface area contributed by atoms with Gasteiger partial charge in [0.05, 0.1) is 24.1 Å². The minimum Gasteiger partial charge on any atom is -0.490 e. The Morgan fingerprint density at radius 1 is 0.976 bits per heavy atom. The summed E-state index contributed by atoms with van der Waals surface area (Å²) in [5, 5.41) is 9.66. The van der Waals surface area contributed by atoms with Crippen LogP contribution >= 0.6 is 0 Å². The number of likely N-dealkylation sites (tertiary alicyclic amines) is 1. The van der Waals surface area contributed by atoms with Crippen LogP contribution in [0.2, 0.25) is 0 Å². The van der Waals surface area contributed by atoms with Gasteiger partial charge in [-0.15, -0.1) is 0 Å². The number of hydrogen-bond acceptors (Lipinski definition) is 8. The van der Waals surface area contributed by atoms with Crippen molar-refractivity contribution >= 4 is 27.7 Å². The van der Waals surface area contributed by atoms with Crippen molar-refractivity contribution in [1.82, 2.24) is 25.3 Å². The first-order valence-corrected chi connectivity index (χ1v) is 14.7. The zero-order valence-corrected chi connectivity index (χ0v) is 24.0. The Kier molecular flexibility index (Phi) is 10.0. The quantitative estimate of drug-likeness (QED) is 0.0884. The third kappa shape index (κ3) is 7.46. The van der Waals surface area contributed by atoms with E-state index < -0.39 is 5.82 Å². The van der Waals surface area contributed by atoms with Crippen LogP contribution in [0.25, 0.3) is 21.8 Å². The Labute approximate surface area is 244 Å². The van der Waals surface area contributed by atoms with E-state index in [-0.39, 0.29) is 24.0 Å². The van der Waals surface area contributed by atoms with E-state index in [1.807, 2.05) is 13.0 Å². The van der Waals surface area contributed by atoms with Crippen LogP contribution in [0.15, 0.2) is 36.7 Å². The number of aryl methyl sites for hydroxylation is 1. The molecule has 1 fully saturated rings. The van der Waals surface area contributed by atoms with E-state index in [9.17, 15) is 4.79 Å². The van der Waals surface area contributed by atoms with E-state index in [0.29, 0.717) is 52.9 Å². The van der Waals surface area contributed by atoms with E-state index in [0.717, 1.165) is 51.0 Å². The first-order valence-electron chi connectivity index (χ1n) is 14.7. The van der Waals surface area contributed by atoms with E-state index in [4.69, 9.17) is 19.4 Å². The van der Waals surface area contributed by atoms with Crippen molar-refractivity contribution in [3.8, 4) is 23.1 Å². The molecule has 0 radical (unpaired) electrons. The summed E-state index contributed by atoms with van der Waals surface area (Å²) >= 11 is 0. The minimum atomic E-state index is -0.463. The van der Waals surface area contributed by atoms with Gasteiger partial charge in [0.2, 0.25) is 11.8 Å². The van der Waals surface area contributed by atoms with Gasteiger partial charge >= 0.3 is 0 Å². The number of aromatic amines is 1. The molecule has 0 spiro atoms. The highest BCUT2D eigenvalue weighted by atomic mass is 19.1. The predicted octanol–water partition coefficient (Wildman–Crippen LogP) is 6.05. The molecule has 3 N–H and O–H groups in total. The molecule has 0 aliphatic carbocycles. The standard InChI is InChI=1S/C31H38FN5O5/c1-21-17-22-24(35-21)10-11-26(30(22)32)42-31-23-18-27(40-15-7-3-2-4-9-29(38)36-39)28(19-25(23)33-20-34-31)41-16-8-14-37-12-5-6-13-37/h10-11,17-20,35,39H,2-9,12-16H2,1H3,(H,36,38). The van der Waals surface area contributed by atoms with E-state index in [1.165, 1.54) is 19.2 Å². The average molecular weight is 580 g/mol. The Morgan fingerprint density at radius 3 is 2.55 bits per heavy atom. The van der Waals surface area contributed by atoms with E-state index in [2.05, 4.69) is 19.9 Å². The number of carbonyl (C=O) groups excluding carboxylic acids is 1. The molecule has 3 heterocycles. The Bertz CT molecular complexity index is 1500. The van der Waals surface area contributed by atoms with Gasteiger partial charge in [-0.05, 0) is 76.4 Å². The fraction of sp³-hybridized carbons (Fsp3) is 0.452. The molecule has 0 atom stereocenters. The highest BCUT2D eigenvalue weighted by molar-refractivity contribution is 5.87. The maximum Gasteiger partial charge on any atom is 0.243 e. The van der Waals surface area contributed by atoms with Crippen LogP contribution in [0.4, 0.5) is 4.39 Å². The number of hydroxylamine groups is 1. The molecule has 1 amide bonds. The van der Waals surface area contributed by atoms with Crippen LogP contribution in [-0.2, 0) is 4.79 Å². The normalized spacial score (nSPS) is 13.6. The van der Waals surface area contributed by atoms with Gasteiger partial charge in [0, 0.05) is 35.6 Å². The lowest BCUT2D eigenvalue weighted by molar-refractivity contribution is -0.129. The second kappa shape index (κ2) is 14.3. The number of aromatic nitrogens is 3. The number of nitrogens with one attached hydrogen (secondary N) is 2. The molecule has 2 aromatic carbocycles. The number of fused-ring (bicyclic) bond motifs is 2. The van der Waals surface area contributed by atoms with Crippen LogP contribution in [0.5, 0.6) is 23.1 Å². The smallest absolute Gasteiger partial charge is 0.243 e. The van der Waals surface area contributed by atoms with Crippen molar-refractivity contribution in [3.05, 3.63) is 48.2 Å². The number of benzene rings is 2. The van der Waals surface area contributed by atoms with Crippen LogP contribution in [0.3, 0.4) is 0 Å². The molecule has 2 aromatic heterocycles. The summed E-state index contributed by atoms with van der Waals surface area (Å²) < 4.78 is 33.6. The molecule has 42 heavy (non-hydrogen) atoms. The number of H-pyrrole nitrogens is 1. The molecule has 0 bridgehead atoms. The van der Waals surface area contributed by atoms with Gasteiger partial charge in [-0.3, -0.25) is 10.0 Å². The average Bonchev–Trinajstić information content (AvgIpc) is 3.66. The maximum atomic E-state index is 15.3. The zero-order chi connectivity index (χ0) is 29.3. The van der Waals surface area contributed by atoms with Crippen LogP contribution in [0, 0.1) is 12.7 Å². The molecule has 224 valence electrons. The lowest BCUT2D eigenvalue weighted by Gasteiger charge is -2.17.